The Labute approximate surface area is 154 Å². The van der Waals surface area contributed by atoms with Gasteiger partial charge >= 0.3 is 5.69 Å². The number of ether oxygens (including phenoxy) is 3. The van der Waals surface area contributed by atoms with Crippen LogP contribution in [0.5, 0.6) is 23.1 Å². The molecule has 2 rings (SSSR count). The molecule has 0 saturated heterocycles. The third-order valence-electron chi connectivity index (χ3n) is 3.99. The topological polar surface area (TPSA) is 109 Å². The molecule has 144 valence electrons. The van der Waals surface area contributed by atoms with Gasteiger partial charge < -0.3 is 19.3 Å². The minimum Gasteiger partial charge on any atom is -0.494 e. The number of carbonyl (C=O) groups is 1. The van der Waals surface area contributed by atoms with Crippen molar-refractivity contribution in [3.63, 3.8) is 0 Å². The highest BCUT2D eigenvalue weighted by Crippen LogP contribution is 2.38. The Morgan fingerprint density at radius 1 is 1.00 bits per heavy atom. The second kappa shape index (κ2) is 7.81. The first-order valence-corrected chi connectivity index (χ1v) is 7.78. The first-order chi connectivity index (χ1) is 12.8. The molecule has 0 radical (unpaired) electrons. The summed E-state index contributed by atoms with van der Waals surface area (Å²) in [7, 11) is 6.88. The summed E-state index contributed by atoms with van der Waals surface area (Å²) in [5.74, 6) is -0.261. The van der Waals surface area contributed by atoms with Gasteiger partial charge in [0.15, 0.2) is 17.3 Å². The maximum Gasteiger partial charge on any atom is 0.333 e. The zero-order valence-corrected chi connectivity index (χ0v) is 15.6. The smallest absolute Gasteiger partial charge is 0.333 e. The lowest BCUT2D eigenvalue weighted by Crippen LogP contribution is -2.39. The number of carbonyl (C=O) groups excluding carboxylic acids is 1. The maximum absolute atomic E-state index is 12.4. The van der Waals surface area contributed by atoms with Crippen LogP contribution in [0.2, 0.25) is 0 Å². The molecule has 1 heterocycles. The summed E-state index contributed by atoms with van der Waals surface area (Å²) >= 11 is 0. The number of aromatic hydroxyl groups is 1. The molecule has 27 heavy (non-hydrogen) atoms. The molecule has 0 aliphatic carbocycles. The summed E-state index contributed by atoms with van der Waals surface area (Å²) in [5, 5.41) is 10.0. The first-order valence-electron chi connectivity index (χ1n) is 7.78. The van der Waals surface area contributed by atoms with Crippen LogP contribution < -0.4 is 25.5 Å². The Morgan fingerprint density at radius 3 is 2.04 bits per heavy atom. The van der Waals surface area contributed by atoms with Gasteiger partial charge in [0.2, 0.25) is 11.6 Å². The van der Waals surface area contributed by atoms with E-state index in [0.717, 1.165) is 15.2 Å². The van der Waals surface area contributed by atoms with E-state index in [2.05, 4.69) is 0 Å². The summed E-state index contributed by atoms with van der Waals surface area (Å²) in [6.07, 6.45) is 2.54. The summed E-state index contributed by atoms with van der Waals surface area (Å²) in [5.41, 5.74) is -1.57. The lowest BCUT2D eigenvalue weighted by atomic mass is 10.1. The molecule has 0 atom stereocenters. The monoisotopic (exact) mass is 376 g/mol. The van der Waals surface area contributed by atoms with Gasteiger partial charge in [-0.2, -0.15) is 0 Å². The quantitative estimate of drug-likeness (QED) is 0.584. The number of hydrogen-bond acceptors (Lipinski definition) is 7. The van der Waals surface area contributed by atoms with Crippen LogP contribution in [0.15, 0.2) is 27.8 Å². The zero-order chi connectivity index (χ0) is 20.3. The molecule has 0 fully saturated rings. The highest BCUT2D eigenvalue weighted by Gasteiger charge is 2.20. The van der Waals surface area contributed by atoms with Gasteiger partial charge in [-0.05, 0) is 23.8 Å². The second-order valence-corrected chi connectivity index (χ2v) is 5.56. The average Bonchev–Trinajstić information content (AvgIpc) is 2.68. The molecule has 1 aromatic heterocycles. The van der Waals surface area contributed by atoms with Crippen LogP contribution in [0.25, 0.3) is 6.08 Å². The van der Waals surface area contributed by atoms with Crippen molar-refractivity contribution >= 4 is 11.9 Å². The Hall–Kier alpha value is -3.49. The third kappa shape index (κ3) is 3.57. The Balaban J connectivity index is 2.50. The van der Waals surface area contributed by atoms with Crippen molar-refractivity contribution in [2.24, 2.45) is 14.1 Å². The predicted molar refractivity (Wildman–Crippen MR) is 98.1 cm³/mol. The van der Waals surface area contributed by atoms with Crippen LogP contribution in [0.4, 0.5) is 0 Å². The molecule has 0 saturated carbocycles. The predicted octanol–water partition coefficient (Wildman–Crippen LogP) is 0.712. The van der Waals surface area contributed by atoms with E-state index in [1.54, 1.807) is 12.1 Å². The summed E-state index contributed by atoms with van der Waals surface area (Å²) < 4.78 is 17.3. The Bertz CT molecular complexity index is 1010. The molecule has 0 aliphatic heterocycles. The molecular weight excluding hydrogens is 356 g/mol. The van der Waals surface area contributed by atoms with E-state index >= 15 is 0 Å². The fourth-order valence-corrected chi connectivity index (χ4v) is 2.50. The van der Waals surface area contributed by atoms with Crippen LogP contribution in [0.3, 0.4) is 0 Å². The largest absolute Gasteiger partial charge is 0.494 e. The Kier molecular flexibility index (Phi) is 5.74. The van der Waals surface area contributed by atoms with Gasteiger partial charge in [0.25, 0.3) is 5.56 Å². The number of methoxy groups -OCH3 is 3. The van der Waals surface area contributed by atoms with Gasteiger partial charge in [-0.1, -0.05) is 6.08 Å². The fourth-order valence-electron chi connectivity index (χ4n) is 2.50. The minimum atomic E-state index is -0.879. The van der Waals surface area contributed by atoms with E-state index in [0.29, 0.717) is 22.8 Å². The van der Waals surface area contributed by atoms with Crippen LogP contribution in [0.1, 0.15) is 15.9 Å². The number of ketones is 1. The molecule has 9 nitrogen and oxygen atoms in total. The van der Waals surface area contributed by atoms with Crippen molar-refractivity contribution in [2.75, 3.05) is 21.3 Å². The normalized spacial score (nSPS) is 10.9. The highest BCUT2D eigenvalue weighted by atomic mass is 16.5. The molecule has 0 amide bonds. The molecule has 0 aliphatic rings. The van der Waals surface area contributed by atoms with Crippen LogP contribution >= 0.6 is 0 Å². The zero-order valence-electron chi connectivity index (χ0n) is 15.6. The number of allylic oxidation sites excluding steroid dienone is 1. The minimum absolute atomic E-state index is 0.393. The molecule has 1 aromatic carbocycles. The van der Waals surface area contributed by atoms with Crippen molar-refractivity contribution in [1.29, 1.82) is 0 Å². The van der Waals surface area contributed by atoms with E-state index < -0.39 is 28.5 Å². The first kappa shape index (κ1) is 19.8. The van der Waals surface area contributed by atoms with Crippen molar-refractivity contribution in [3.05, 3.63) is 50.2 Å². The number of nitrogens with zero attached hydrogens (tertiary/aromatic N) is 2. The SMILES string of the molecule is COc1cc(/C=C/C(=O)c2c(O)n(C)c(=O)n(C)c2=O)cc(OC)c1OC. The molecule has 0 bridgehead atoms. The van der Waals surface area contributed by atoms with Gasteiger partial charge in [-0.25, -0.2) is 4.79 Å². The molecule has 1 N–H and O–H groups in total. The number of hydrogen-bond donors (Lipinski definition) is 1. The van der Waals surface area contributed by atoms with Gasteiger partial charge in [-0.3, -0.25) is 18.7 Å². The van der Waals surface area contributed by atoms with Crippen LogP contribution in [-0.4, -0.2) is 41.4 Å². The number of rotatable bonds is 6. The summed E-state index contributed by atoms with van der Waals surface area (Å²) in [6, 6.07) is 3.23. The van der Waals surface area contributed by atoms with Crippen molar-refractivity contribution in [1.82, 2.24) is 9.13 Å². The standard InChI is InChI=1S/C18H20N2O7/c1-19-16(22)14(17(23)20(2)18(19)24)11(21)7-6-10-8-12(25-3)15(27-5)13(9-10)26-4/h6-9,22H,1-5H3/b7-6+. The summed E-state index contributed by atoms with van der Waals surface area (Å²) in [4.78, 5) is 36.4. The molecule has 0 spiro atoms. The maximum atomic E-state index is 12.4. The van der Waals surface area contributed by atoms with Gasteiger partial charge in [0.05, 0.1) is 21.3 Å². The van der Waals surface area contributed by atoms with E-state index in [4.69, 9.17) is 14.2 Å². The van der Waals surface area contributed by atoms with Gasteiger partial charge in [-0.15, -0.1) is 0 Å². The Morgan fingerprint density at radius 2 is 1.56 bits per heavy atom. The second-order valence-electron chi connectivity index (χ2n) is 5.56. The fraction of sp³-hybridized carbons (Fsp3) is 0.278. The van der Waals surface area contributed by atoms with Gasteiger partial charge in [0, 0.05) is 14.1 Å². The van der Waals surface area contributed by atoms with Crippen LogP contribution in [0, 0.1) is 0 Å². The van der Waals surface area contributed by atoms with E-state index in [1.165, 1.54) is 41.5 Å². The van der Waals surface area contributed by atoms with Crippen molar-refractivity contribution < 1.29 is 24.1 Å². The lowest BCUT2D eigenvalue weighted by molar-refractivity contribution is 0.104. The number of benzene rings is 1. The molecular formula is C18H20N2O7. The highest BCUT2D eigenvalue weighted by molar-refractivity contribution is 6.08. The van der Waals surface area contributed by atoms with Crippen molar-refractivity contribution in [3.8, 4) is 23.1 Å². The van der Waals surface area contributed by atoms with Crippen molar-refractivity contribution in [2.45, 2.75) is 0 Å². The van der Waals surface area contributed by atoms with Gasteiger partial charge in [0.1, 0.15) is 5.56 Å². The van der Waals surface area contributed by atoms with E-state index in [-0.39, 0.29) is 0 Å². The molecule has 9 heteroatoms. The van der Waals surface area contributed by atoms with E-state index in [1.807, 2.05) is 0 Å². The third-order valence-corrected chi connectivity index (χ3v) is 3.99. The summed E-state index contributed by atoms with van der Waals surface area (Å²) in [6.45, 7) is 0. The molecule has 0 unspecified atom stereocenters. The van der Waals surface area contributed by atoms with E-state index in [9.17, 15) is 19.5 Å². The number of aromatic nitrogens is 2. The van der Waals surface area contributed by atoms with Crippen LogP contribution in [-0.2, 0) is 14.1 Å². The molecule has 2 aromatic rings. The lowest BCUT2D eigenvalue weighted by Gasteiger charge is -2.12. The average molecular weight is 376 g/mol.